The Morgan fingerprint density at radius 2 is 2.13 bits per heavy atom. The number of hydrogen-bond acceptors (Lipinski definition) is 1. The summed E-state index contributed by atoms with van der Waals surface area (Å²) in [5, 5.41) is 3.57. The van der Waals surface area contributed by atoms with Crippen LogP contribution in [0.1, 0.15) is 25.3 Å². The summed E-state index contributed by atoms with van der Waals surface area (Å²) in [4.78, 5) is 11.9. The minimum Gasteiger partial charge on any atom is -0.356 e. The first kappa shape index (κ1) is 10.5. The van der Waals surface area contributed by atoms with Crippen LogP contribution in [0, 0.1) is 0 Å². The Morgan fingerprint density at radius 1 is 1.47 bits per heavy atom. The summed E-state index contributed by atoms with van der Waals surface area (Å²) < 4.78 is 0. The van der Waals surface area contributed by atoms with Crippen molar-refractivity contribution in [2.75, 3.05) is 6.54 Å². The highest BCUT2D eigenvalue weighted by atomic mass is 35.5. The van der Waals surface area contributed by atoms with Crippen LogP contribution in [0.25, 0.3) is 0 Å². The van der Waals surface area contributed by atoms with E-state index in [2.05, 4.69) is 5.32 Å². The molecule has 0 atom stereocenters. The van der Waals surface area contributed by atoms with Crippen LogP contribution in [0.15, 0.2) is 24.3 Å². The van der Waals surface area contributed by atoms with Crippen molar-refractivity contribution in [1.29, 1.82) is 0 Å². The van der Waals surface area contributed by atoms with Gasteiger partial charge in [0.05, 0.1) is 5.41 Å². The highest BCUT2D eigenvalue weighted by molar-refractivity contribution is 6.31. The lowest BCUT2D eigenvalue weighted by Crippen LogP contribution is -2.34. The molecule has 1 N–H and O–H groups in total. The maximum absolute atomic E-state index is 11.9. The van der Waals surface area contributed by atoms with E-state index in [1.807, 2.05) is 31.2 Å². The standard InChI is InChI=1S/C12H14ClNO/c1-2-14-11(15)12(7-8-12)9-5-3-4-6-10(9)13/h3-6H,2,7-8H2,1H3,(H,14,15). The highest BCUT2D eigenvalue weighted by Gasteiger charge is 2.51. The molecule has 0 aromatic heterocycles. The molecule has 0 heterocycles. The molecule has 0 bridgehead atoms. The van der Waals surface area contributed by atoms with Crippen LogP contribution in [0.2, 0.25) is 5.02 Å². The predicted octanol–water partition coefficient (Wildman–Crippen LogP) is 2.51. The van der Waals surface area contributed by atoms with Gasteiger partial charge >= 0.3 is 0 Å². The van der Waals surface area contributed by atoms with Crippen LogP contribution in [0.4, 0.5) is 0 Å². The summed E-state index contributed by atoms with van der Waals surface area (Å²) in [6.07, 6.45) is 1.81. The van der Waals surface area contributed by atoms with Crippen LogP contribution in [-0.2, 0) is 10.2 Å². The van der Waals surface area contributed by atoms with Gasteiger partial charge in [-0.25, -0.2) is 0 Å². The number of nitrogens with one attached hydrogen (secondary N) is 1. The molecule has 1 amide bonds. The lowest BCUT2D eigenvalue weighted by molar-refractivity contribution is -0.123. The number of halogens is 1. The second-order valence-corrected chi connectivity index (χ2v) is 4.33. The lowest BCUT2D eigenvalue weighted by atomic mass is 9.95. The molecule has 0 aliphatic heterocycles. The van der Waals surface area contributed by atoms with Gasteiger partial charge in [0, 0.05) is 11.6 Å². The third-order valence-corrected chi connectivity index (χ3v) is 3.24. The quantitative estimate of drug-likeness (QED) is 0.838. The topological polar surface area (TPSA) is 29.1 Å². The van der Waals surface area contributed by atoms with Crippen molar-refractivity contribution >= 4 is 17.5 Å². The molecule has 0 spiro atoms. The van der Waals surface area contributed by atoms with Crippen molar-refractivity contribution in [3.05, 3.63) is 34.9 Å². The van der Waals surface area contributed by atoms with Gasteiger partial charge in [0.2, 0.25) is 5.91 Å². The minimum absolute atomic E-state index is 0.109. The first-order valence-corrected chi connectivity index (χ1v) is 5.62. The van der Waals surface area contributed by atoms with E-state index in [0.29, 0.717) is 11.6 Å². The Hall–Kier alpha value is -1.02. The van der Waals surface area contributed by atoms with E-state index < -0.39 is 0 Å². The zero-order valence-electron chi connectivity index (χ0n) is 8.72. The largest absolute Gasteiger partial charge is 0.356 e. The van der Waals surface area contributed by atoms with Gasteiger partial charge in [-0.3, -0.25) is 4.79 Å². The molecule has 1 aliphatic rings. The van der Waals surface area contributed by atoms with Crippen molar-refractivity contribution in [2.24, 2.45) is 0 Å². The molecule has 0 radical (unpaired) electrons. The van der Waals surface area contributed by atoms with E-state index in [4.69, 9.17) is 11.6 Å². The Morgan fingerprint density at radius 3 is 2.67 bits per heavy atom. The molecule has 3 heteroatoms. The molecule has 2 nitrogen and oxygen atoms in total. The van der Waals surface area contributed by atoms with Gasteiger partial charge in [-0.05, 0) is 31.4 Å². The Kier molecular flexibility index (Phi) is 2.70. The Bertz CT molecular complexity index is 385. The summed E-state index contributed by atoms with van der Waals surface area (Å²) in [5.74, 6) is 0.109. The van der Waals surface area contributed by atoms with Crippen molar-refractivity contribution in [3.63, 3.8) is 0 Å². The van der Waals surface area contributed by atoms with Crippen molar-refractivity contribution in [2.45, 2.75) is 25.2 Å². The van der Waals surface area contributed by atoms with Crippen molar-refractivity contribution in [1.82, 2.24) is 5.32 Å². The zero-order chi connectivity index (χ0) is 10.9. The fourth-order valence-corrected chi connectivity index (χ4v) is 2.24. The van der Waals surface area contributed by atoms with Crippen molar-refractivity contribution in [3.8, 4) is 0 Å². The normalized spacial score (nSPS) is 17.2. The van der Waals surface area contributed by atoms with E-state index in [0.717, 1.165) is 18.4 Å². The summed E-state index contributed by atoms with van der Waals surface area (Å²) in [7, 11) is 0. The predicted molar refractivity (Wildman–Crippen MR) is 61.0 cm³/mol. The Balaban J connectivity index is 2.31. The maximum Gasteiger partial charge on any atom is 0.230 e. The van der Waals surface area contributed by atoms with Gasteiger partial charge in [0.25, 0.3) is 0 Å². The smallest absolute Gasteiger partial charge is 0.230 e. The van der Waals surface area contributed by atoms with E-state index in [-0.39, 0.29) is 11.3 Å². The van der Waals surface area contributed by atoms with Gasteiger partial charge < -0.3 is 5.32 Å². The zero-order valence-corrected chi connectivity index (χ0v) is 9.47. The van der Waals surface area contributed by atoms with Gasteiger partial charge in [0.15, 0.2) is 0 Å². The molecule has 0 saturated heterocycles. The second-order valence-electron chi connectivity index (χ2n) is 3.92. The summed E-state index contributed by atoms with van der Waals surface area (Å²) >= 11 is 6.11. The molecule has 1 aromatic carbocycles. The van der Waals surface area contributed by atoms with Gasteiger partial charge in [-0.2, -0.15) is 0 Å². The number of hydrogen-bond donors (Lipinski definition) is 1. The number of carbonyl (C=O) groups excluding carboxylic acids is 1. The van der Waals surface area contributed by atoms with E-state index in [9.17, 15) is 4.79 Å². The summed E-state index contributed by atoms with van der Waals surface area (Å²) in [6.45, 7) is 2.60. The van der Waals surface area contributed by atoms with E-state index in [1.165, 1.54) is 0 Å². The molecular weight excluding hydrogens is 210 g/mol. The first-order chi connectivity index (χ1) is 7.20. The molecular formula is C12H14ClNO. The summed E-state index contributed by atoms with van der Waals surface area (Å²) in [5.41, 5.74) is 0.631. The van der Waals surface area contributed by atoms with Crippen LogP contribution in [0.5, 0.6) is 0 Å². The van der Waals surface area contributed by atoms with E-state index in [1.54, 1.807) is 0 Å². The lowest BCUT2D eigenvalue weighted by Gasteiger charge is -2.16. The average Bonchev–Trinajstić information content (AvgIpc) is 3.00. The number of rotatable bonds is 3. The molecule has 15 heavy (non-hydrogen) atoms. The van der Waals surface area contributed by atoms with Crippen LogP contribution in [0.3, 0.4) is 0 Å². The SMILES string of the molecule is CCNC(=O)C1(c2ccccc2Cl)CC1. The number of likely N-dealkylation sites (N-methyl/N-ethyl adjacent to an activating group) is 1. The highest BCUT2D eigenvalue weighted by Crippen LogP contribution is 2.50. The Labute approximate surface area is 94.6 Å². The average molecular weight is 224 g/mol. The fourth-order valence-electron chi connectivity index (χ4n) is 1.92. The number of carbonyl (C=O) groups is 1. The molecule has 80 valence electrons. The van der Waals surface area contributed by atoms with Crippen LogP contribution >= 0.6 is 11.6 Å². The molecule has 1 fully saturated rings. The second kappa shape index (κ2) is 3.86. The van der Waals surface area contributed by atoms with E-state index >= 15 is 0 Å². The monoisotopic (exact) mass is 223 g/mol. The van der Waals surface area contributed by atoms with Crippen LogP contribution in [-0.4, -0.2) is 12.5 Å². The fraction of sp³-hybridized carbons (Fsp3) is 0.417. The number of benzene rings is 1. The number of amides is 1. The molecule has 1 saturated carbocycles. The first-order valence-electron chi connectivity index (χ1n) is 5.24. The maximum atomic E-state index is 11.9. The van der Waals surface area contributed by atoms with Gasteiger partial charge in [-0.1, -0.05) is 29.8 Å². The van der Waals surface area contributed by atoms with Gasteiger partial charge in [-0.15, -0.1) is 0 Å². The van der Waals surface area contributed by atoms with Crippen molar-refractivity contribution < 1.29 is 4.79 Å². The molecule has 1 aromatic rings. The minimum atomic E-state index is -0.339. The summed E-state index contributed by atoms with van der Waals surface area (Å²) in [6, 6.07) is 7.61. The molecule has 0 unspecified atom stereocenters. The molecule has 1 aliphatic carbocycles. The van der Waals surface area contributed by atoms with Crippen LogP contribution < -0.4 is 5.32 Å². The third-order valence-electron chi connectivity index (χ3n) is 2.91. The van der Waals surface area contributed by atoms with Gasteiger partial charge in [0.1, 0.15) is 0 Å². The molecule has 2 rings (SSSR count). The third kappa shape index (κ3) is 1.74.